The van der Waals surface area contributed by atoms with Crippen LogP contribution < -0.4 is 10.1 Å². The Bertz CT molecular complexity index is 562. The van der Waals surface area contributed by atoms with Crippen molar-refractivity contribution in [2.75, 3.05) is 12.4 Å². The van der Waals surface area contributed by atoms with Crippen LogP contribution >= 0.6 is 15.9 Å². The highest BCUT2D eigenvalue weighted by molar-refractivity contribution is 9.10. The highest BCUT2D eigenvalue weighted by Crippen LogP contribution is 2.15. The molecule has 5 nitrogen and oxygen atoms in total. The molecule has 1 N–H and O–H groups in total. The number of methoxy groups -OCH3 is 1. The third kappa shape index (κ3) is 3.89. The first kappa shape index (κ1) is 13.7. The topological polar surface area (TPSA) is 59.9 Å². The molecule has 2 aromatic heterocycles. The molecule has 0 saturated carbocycles. The van der Waals surface area contributed by atoms with Gasteiger partial charge in [0.1, 0.15) is 16.2 Å². The average molecular weight is 323 g/mol. The lowest BCUT2D eigenvalue weighted by Crippen LogP contribution is -2.04. The fourth-order valence-corrected chi connectivity index (χ4v) is 2.00. The first-order valence-corrected chi connectivity index (χ1v) is 6.77. The van der Waals surface area contributed by atoms with Gasteiger partial charge in [-0.1, -0.05) is 6.92 Å². The molecule has 0 radical (unpaired) electrons. The van der Waals surface area contributed by atoms with Crippen molar-refractivity contribution in [2.24, 2.45) is 0 Å². The van der Waals surface area contributed by atoms with Crippen molar-refractivity contribution < 1.29 is 4.74 Å². The van der Waals surface area contributed by atoms with Gasteiger partial charge in [0.2, 0.25) is 5.88 Å². The Morgan fingerprint density at radius 2 is 2.16 bits per heavy atom. The second-order valence-electron chi connectivity index (χ2n) is 3.91. The second kappa shape index (κ2) is 6.47. The summed E-state index contributed by atoms with van der Waals surface area (Å²) in [6.07, 6.45) is 2.53. The number of pyridine rings is 1. The van der Waals surface area contributed by atoms with Crippen LogP contribution in [0.2, 0.25) is 0 Å². The van der Waals surface area contributed by atoms with Gasteiger partial charge in [0, 0.05) is 31.3 Å². The zero-order chi connectivity index (χ0) is 13.7. The van der Waals surface area contributed by atoms with Gasteiger partial charge < -0.3 is 10.1 Å². The van der Waals surface area contributed by atoms with E-state index in [-0.39, 0.29) is 0 Å². The molecule has 0 unspecified atom stereocenters. The van der Waals surface area contributed by atoms with Crippen LogP contribution in [-0.4, -0.2) is 22.1 Å². The fraction of sp³-hybridized carbons (Fsp3) is 0.308. The Balaban J connectivity index is 2.07. The number of anilines is 1. The number of hydrogen-bond acceptors (Lipinski definition) is 5. The predicted molar refractivity (Wildman–Crippen MR) is 77.2 cm³/mol. The molecule has 6 heteroatoms. The Morgan fingerprint density at radius 1 is 1.32 bits per heavy atom. The number of aromatic nitrogens is 3. The minimum Gasteiger partial charge on any atom is -0.481 e. The van der Waals surface area contributed by atoms with Gasteiger partial charge in [-0.3, -0.25) is 0 Å². The minimum atomic E-state index is 0.609. The molecule has 0 saturated heterocycles. The first-order chi connectivity index (χ1) is 9.21. The minimum absolute atomic E-state index is 0.609. The van der Waals surface area contributed by atoms with E-state index in [9.17, 15) is 0 Å². The van der Waals surface area contributed by atoms with E-state index in [4.69, 9.17) is 4.74 Å². The van der Waals surface area contributed by atoms with Gasteiger partial charge in [0.15, 0.2) is 0 Å². The Hall–Kier alpha value is -1.69. The quantitative estimate of drug-likeness (QED) is 0.858. The van der Waals surface area contributed by atoms with Crippen LogP contribution in [0.25, 0.3) is 0 Å². The zero-order valence-corrected chi connectivity index (χ0v) is 12.4. The highest BCUT2D eigenvalue weighted by Gasteiger charge is 2.02. The molecule has 0 amide bonds. The molecular formula is C13H15BrN4O. The molecule has 2 heterocycles. The lowest BCUT2D eigenvalue weighted by atomic mass is 10.2. The maximum atomic E-state index is 5.09. The van der Waals surface area contributed by atoms with E-state index in [0.29, 0.717) is 12.4 Å². The van der Waals surface area contributed by atoms with E-state index in [1.54, 1.807) is 13.3 Å². The van der Waals surface area contributed by atoms with Gasteiger partial charge in [0.05, 0.1) is 7.11 Å². The zero-order valence-electron chi connectivity index (χ0n) is 10.9. The number of halogens is 1. The number of aryl methyl sites for hydroxylation is 1. The second-order valence-corrected chi connectivity index (χ2v) is 4.72. The number of rotatable bonds is 5. The molecule has 0 aromatic carbocycles. The molecule has 0 aliphatic carbocycles. The largest absolute Gasteiger partial charge is 0.481 e. The normalized spacial score (nSPS) is 10.3. The standard InChI is InChI=1S/C13H15BrN4O/c1-3-11-17-10(14)7-12(18-11)16-8-9-4-5-15-13(6-9)19-2/h4-7H,3,8H2,1-2H3,(H,16,17,18). The van der Waals surface area contributed by atoms with Crippen molar-refractivity contribution in [3.63, 3.8) is 0 Å². The van der Waals surface area contributed by atoms with E-state index < -0.39 is 0 Å². The molecule has 2 aromatic rings. The summed E-state index contributed by atoms with van der Waals surface area (Å²) in [7, 11) is 1.61. The Morgan fingerprint density at radius 3 is 2.89 bits per heavy atom. The van der Waals surface area contributed by atoms with Crippen LogP contribution in [-0.2, 0) is 13.0 Å². The van der Waals surface area contributed by atoms with Crippen molar-refractivity contribution in [1.29, 1.82) is 0 Å². The summed E-state index contributed by atoms with van der Waals surface area (Å²) in [6, 6.07) is 5.69. The van der Waals surface area contributed by atoms with E-state index in [0.717, 1.165) is 28.2 Å². The first-order valence-electron chi connectivity index (χ1n) is 5.97. The number of nitrogens with zero attached hydrogens (tertiary/aromatic N) is 3. The van der Waals surface area contributed by atoms with Gasteiger partial charge in [-0.25, -0.2) is 15.0 Å². The molecule has 0 bridgehead atoms. The number of hydrogen-bond donors (Lipinski definition) is 1. The van der Waals surface area contributed by atoms with Crippen LogP contribution in [0.1, 0.15) is 18.3 Å². The van der Waals surface area contributed by atoms with Gasteiger partial charge in [-0.2, -0.15) is 0 Å². The molecule has 0 fully saturated rings. The molecular weight excluding hydrogens is 308 g/mol. The van der Waals surface area contributed by atoms with Crippen LogP contribution in [0.15, 0.2) is 29.0 Å². The van der Waals surface area contributed by atoms with Crippen molar-refractivity contribution >= 4 is 21.7 Å². The maximum Gasteiger partial charge on any atom is 0.213 e. The van der Waals surface area contributed by atoms with Crippen molar-refractivity contribution in [1.82, 2.24) is 15.0 Å². The molecule has 0 atom stereocenters. The maximum absolute atomic E-state index is 5.09. The van der Waals surface area contributed by atoms with Crippen molar-refractivity contribution in [3.8, 4) is 5.88 Å². The molecule has 0 aliphatic rings. The van der Waals surface area contributed by atoms with Gasteiger partial charge >= 0.3 is 0 Å². The molecule has 19 heavy (non-hydrogen) atoms. The molecule has 100 valence electrons. The van der Waals surface area contributed by atoms with Gasteiger partial charge in [-0.05, 0) is 27.6 Å². The summed E-state index contributed by atoms with van der Waals surface area (Å²) in [5.41, 5.74) is 1.08. The lowest BCUT2D eigenvalue weighted by molar-refractivity contribution is 0.397. The summed E-state index contributed by atoms with van der Waals surface area (Å²) < 4.78 is 5.88. The summed E-state index contributed by atoms with van der Waals surface area (Å²) >= 11 is 3.38. The van der Waals surface area contributed by atoms with Crippen LogP contribution in [0.3, 0.4) is 0 Å². The third-order valence-electron chi connectivity index (χ3n) is 2.54. The number of nitrogens with one attached hydrogen (secondary N) is 1. The van der Waals surface area contributed by atoms with Gasteiger partial charge in [0.25, 0.3) is 0 Å². The fourth-order valence-electron chi connectivity index (χ4n) is 1.58. The van der Waals surface area contributed by atoms with Crippen LogP contribution in [0, 0.1) is 0 Å². The highest BCUT2D eigenvalue weighted by atomic mass is 79.9. The number of ether oxygens (including phenoxy) is 1. The van der Waals surface area contributed by atoms with Crippen molar-refractivity contribution in [2.45, 2.75) is 19.9 Å². The Labute approximate surface area is 120 Å². The summed E-state index contributed by atoms with van der Waals surface area (Å²) in [5.74, 6) is 2.22. The van der Waals surface area contributed by atoms with Crippen LogP contribution in [0.5, 0.6) is 5.88 Å². The lowest BCUT2D eigenvalue weighted by Gasteiger charge is -2.08. The summed E-state index contributed by atoms with van der Waals surface area (Å²) in [6.45, 7) is 2.69. The predicted octanol–water partition coefficient (Wildman–Crippen LogP) is 2.82. The van der Waals surface area contributed by atoms with E-state index in [1.807, 2.05) is 25.1 Å². The molecule has 0 aliphatic heterocycles. The smallest absolute Gasteiger partial charge is 0.213 e. The SMILES string of the molecule is CCc1nc(Br)cc(NCc2ccnc(OC)c2)n1. The van der Waals surface area contributed by atoms with E-state index in [1.165, 1.54) is 0 Å². The van der Waals surface area contributed by atoms with Crippen molar-refractivity contribution in [3.05, 3.63) is 40.4 Å². The average Bonchev–Trinajstić information content (AvgIpc) is 2.44. The van der Waals surface area contributed by atoms with Crippen LogP contribution in [0.4, 0.5) is 5.82 Å². The summed E-state index contributed by atoms with van der Waals surface area (Å²) in [5, 5.41) is 3.26. The third-order valence-corrected chi connectivity index (χ3v) is 2.95. The molecule has 2 rings (SSSR count). The van der Waals surface area contributed by atoms with E-state index >= 15 is 0 Å². The monoisotopic (exact) mass is 322 g/mol. The molecule has 0 spiro atoms. The summed E-state index contributed by atoms with van der Waals surface area (Å²) in [4.78, 5) is 12.8. The van der Waals surface area contributed by atoms with E-state index in [2.05, 4.69) is 36.2 Å². The Kier molecular flexibility index (Phi) is 4.68. The van der Waals surface area contributed by atoms with Gasteiger partial charge in [-0.15, -0.1) is 0 Å².